The third-order valence-electron chi connectivity index (χ3n) is 1.77. The zero-order valence-electron chi connectivity index (χ0n) is 7.21. The van der Waals surface area contributed by atoms with Crippen molar-refractivity contribution in [2.45, 2.75) is 13.0 Å². The summed E-state index contributed by atoms with van der Waals surface area (Å²) >= 11 is 0. The summed E-state index contributed by atoms with van der Waals surface area (Å²) in [5, 5.41) is 0. The molecule has 1 heterocycles. The quantitative estimate of drug-likeness (QED) is 0.711. The Morgan fingerprint density at radius 3 is 2.64 bits per heavy atom. The van der Waals surface area contributed by atoms with E-state index < -0.39 is 6.43 Å². The van der Waals surface area contributed by atoms with Crippen molar-refractivity contribution in [3.05, 3.63) is 22.9 Å². The van der Waals surface area contributed by atoms with E-state index in [4.69, 9.17) is 11.5 Å². The molecule has 0 spiro atoms. The van der Waals surface area contributed by atoms with Crippen LogP contribution in [0.3, 0.4) is 0 Å². The number of hydrogen-bond donors (Lipinski definition) is 2. The number of rotatable bonds is 3. The van der Waals surface area contributed by atoms with Gasteiger partial charge in [0.05, 0.1) is 0 Å². The fourth-order valence-corrected chi connectivity index (χ4v) is 1.11. The number of hydrogen-bond acceptors (Lipinski definition) is 4. The molecule has 0 aliphatic rings. The van der Waals surface area contributed by atoms with Crippen LogP contribution in [0.25, 0.3) is 0 Å². The summed E-state index contributed by atoms with van der Waals surface area (Å²) in [4.78, 5) is 13.9. The second-order valence-electron chi connectivity index (χ2n) is 2.62. The maximum absolute atomic E-state index is 12.5. The monoisotopic (exact) mass is 201 g/mol. The molecule has 14 heavy (non-hydrogen) atoms. The van der Waals surface area contributed by atoms with Gasteiger partial charge >= 0.3 is 0 Å². The molecule has 4 N–H and O–H groups in total. The number of aldehydes is 1. The van der Waals surface area contributed by atoms with E-state index in [1.165, 1.54) is 0 Å². The maximum Gasteiger partial charge on any atom is 0.264 e. The second kappa shape index (κ2) is 4.10. The fraction of sp³-hybridized carbons (Fsp3) is 0.250. The standard InChI is InChI=1S/C8H9F2N3O/c9-7(10)5-1-4(3-14)13-8(12)6(5)2-11/h1,3,7H,2,11H2,(H2,12,13). The first kappa shape index (κ1) is 10.5. The number of nitrogens with zero attached hydrogens (tertiary/aromatic N) is 1. The van der Waals surface area contributed by atoms with Crippen LogP contribution < -0.4 is 11.5 Å². The number of pyridine rings is 1. The van der Waals surface area contributed by atoms with Gasteiger partial charge in [-0.25, -0.2) is 13.8 Å². The SMILES string of the molecule is NCc1c(C(F)F)cc(C=O)nc1N. The molecule has 0 unspecified atom stereocenters. The average Bonchev–Trinajstić information content (AvgIpc) is 2.16. The highest BCUT2D eigenvalue weighted by Crippen LogP contribution is 2.26. The zero-order valence-corrected chi connectivity index (χ0v) is 7.21. The van der Waals surface area contributed by atoms with E-state index in [2.05, 4.69) is 4.98 Å². The predicted octanol–water partition coefficient (Wildman–Crippen LogP) is 0.873. The van der Waals surface area contributed by atoms with E-state index in [0.717, 1.165) is 6.07 Å². The lowest BCUT2D eigenvalue weighted by atomic mass is 10.1. The van der Waals surface area contributed by atoms with Crippen molar-refractivity contribution in [1.82, 2.24) is 4.98 Å². The number of nitrogen functional groups attached to an aromatic ring is 1. The Bertz CT molecular complexity index is 355. The number of anilines is 1. The normalized spacial score (nSPS) is 10.6. The van der Waals surface area contributed by atoms with Gasteiger partial charge in [0.25, 0.3) is 6.43 Å². The minimum atomic E-state index is -2.71. The fourth-order valence-electron chi connectivity index (χ4n) is 1.11. The van der Waals surface area contributed by atoms with E-state index >= 15 is 0 Å². The van der Waals surface area contributed by atoms with Crippen LogP contribution in [0.4, 0.5) is 14.6 Å². The first-order valence-corrected chi connectivity index (χ1v) is 3.82. The zero-order chi connectivity index (χ0) is 10.7. The van der Waals surface area contributed by atoms with Gasteiger partial charge in [0, 0.05) is 17.7 Å². The average molecular weight is 201 g/mol. The second-order valence-corrected chi connectivity index (χ2v) is 2.62. The Kier molecular flexibility index (Phi) is 3.08. The lowest BCUT2D eigenvalue weighted by Crippen LogP contribution is -2.10. The molecule has 0 atom stereocenters. The molecule has 0 radical (unpaired) electrons. The molecule has 0 amide bonds. The van der Waals surface area contributed by atoms with Crippen LogP contribution in [0.5, 0.6) is 0 Å². The van der Waals surface area contributed by atoms with Gasteiger partial charge in [0.1, 0.15) is 11.5 Å². The maximum atomic E-state index is 12.5. The molecule has 1 aromatic rings. The van der Waals surface area contributed by atoms with Crippen molar-refractivity contribution in [3.63, 3.8) is 0 Å². The highest BCUT2D eigenvalue weighted by Gasteiger charge is 2.16. The molecule has 0 aliphatic carbocycles. The molecule has 0 aliphatic heterocycles. The topological polar surface area (TPSA) is 82.0 Å². The Morgan fingerprint density at radius 2 is 2.21 bits per heavy atom. The summed E-state index contributed by atoms with van der Waals surface area (Å²) in [6.07, 6.45) is -2.35. The molecule has 0 bridgehead atoms. The van der Waals surface area contributed by atoms with Crippen molar-refractivity contribution in [1.29, 1.82) is 0 Å². The predicted molar refractivity (Wildman–Crippen MR) is 46.9 cm³/mol. The van der Waals surface area contributed by atoms with Gasteiger partial charge in [-0.2, -0.15) is 0 Å². The number of halogens is 2. The van der Waals surface area contributed by atoms with Crippen molar-refractivity contribution < 1.29 is 13.6 Å². The summed E-state index contributed by atoms with van der Waals surface area (Å²) in [7, 11) is 0. The van der Waals surface area contributed by atoms with Crippen LogP contribution in [-0.4, -0.2) is 11.3 Å². The smallest absolute Gasteiger partial charge is 0.264 e. The Balaban J connectivity index is 3.35. The molecule has 6 heteroatoms. The first-order valence-electron chi connectivity index (χ1n) is 3.82. The Labute approximate surface area is 78.9 Å². The van der Waals surface area contributed by atoms with Crippen LogP contribution in [0.15, 0.2) is 6.07 Å². The summed E-state index contributed by atoms with van der Waals surface area (Å²) in [6, 6.07) is 0.996. The lowest BCUT2D eigenvalue weighted by molar-refractivity contribution is 0.111. The summed E-state index contributed by atoms with van der Waals surface area (Å²) in [5.74, 6) is -0.118. The van der Waals surface area contributed by atoms with Crippen LogP contribution in [-0.2, 0) is 6.54 Å². The van der Waals surface area contributed by atoms with Gasteiger partial charge in [-0.15, -0.1) is 0 Å². The number of aromatic nitrogens is 1. The largest absolute Gasteiger partial charge is 0.383 e. The summed E-state index contributed by atoms with van der Waals surface area (Å²) < 4.78 is 24.9. The molecule has 0 fully saturated rings. The van der Waals surface area contributed by atoms with Gasteiger partial charge in [-0.05, 0) is 6.07 Å². The molecule has 4 nitrogen and oxygen atoms in total. The van der Waals surface area contributed by atoms with Crippen LogP contribution in [0, 0.1) is 0 Å². The van der Waals surface area contributed by atoms with Gasteiger partial charge in [-0.1, -0.05) is 0 Å². The first-order chi connectivity index (χ1) is 6.60. The molecule has 76 valence electrons. The van der Waals surface area contributed by atoms with Crippen molar-refractivity contribution in [3.8, 4) is 0 Å². The van der Waals surface area contributed by atoms with Gasteiger partial charge in [-0.3, -0.25) is 4.79 Å². The molecular weight excluding hydrogens is 192 g/mol. The van der Waals surface area contributed by atoms with Gasteiger partial charge < -0.3 is 11.5 Å². The molecule has 1 aromatic heterocycles. The van der Waals surface area contributed by atoms with Crippen molar-refractivity contribution >= 4 is 12.1 Å². The van der Waals surface area contributed by atoms with E-state index in [-0.39, 0.29) is 29.2 Å². The minimum Gasteiger partial charge on any atom is -0.383 e. The van der Waals surface area contributed by atoms with E-state index in [1.807, 2.05) is 0 Å². The molecule has 0 saturated carbocycles. The highest BCUT2D eigenvalue weighted by molar-refractivity contribution is 5.73. The summed E-state index contributed by atoms with van der Waals surface area (Å²) in [5.41, 5.74) is 10.2. The molecule has 0 saturated heterocycles. The van der Waals surface area contributed by atoms with Crippen LogP contribution >= 0.6 is 0 Å². The van der Waals surface area contributed by atoms with Gasteiger partial charge in [0.15, 0.2) is 6.29 Å². The van der Waals surface area contributed by atoms with E-state index in [9.17, 15) is 13.6 Å². The van der Waals surface area contributed by atoms with Gasteiger partial charge in [0.2, 0.25) is 0 Å². The van der Waals surface area contributed by atoms with E-state index in [0.29, 0.717) is 6.29 Å². The molecular formula is C8H9F2N3O. The molecule has 1 rings (SSSR count). The van der Waals surface area contributed by atoms with Crippen LogP contribution in [0.2, 0.25) is 0 Å². The summed E-state index contributed by atoms with van der Waals surface area (Å²) in [6.45, 7) is -0.127. The molecule has 0 aromatic carbocycles. The van der Waals surface area contributed by atoms with Crippen LogP contribution in [0.1, 0.15) is 28.0 Å². The van der Waals surface area contributed by atoms with E-state index in [1.54, 1.807) is 0 Å². The Morgan fingerprint density at radius 1 is 1.57 bits per heavy atom. The van der Waals surface area contributed by atoms with Crippen molar-refractivity contribution in [2.75, 3.05) is 5.73 Å². The number of carbonyl (C=O) groups is 1. The minimum absolute atomic E-state index is 0.0885. The third-order valence-corrected chi connectivity index (χ3v) is 1.77. The third kappa shape index (κ3) is 1.85. The van der Waals surface area contributed by atoms with Crippen molar-refractivity contribution in [2.24, 2.45) is 5.73 Å². The number of carbonyl (C=O) groups excluding carboxylic acids is 1. The highest BCUT2D eigenvalue weighted by atomic mass is 19.3. The number of alkyl halides is 2. The lowest BCUT2D eigenvalue weighted by Gasteiger charge is -2.09. The Hall–Kier alpha value is -1.56. The number of nitrogens with two attached hydrogens (primary N) is 2.